The lowest BCUT2D eigenvalue weighted by Gasteiger charge is -2.16. The number of benzene rings is 1. The maximum Gasteiger partial charge on any atom is 0.490 e. The summed E-state index contributed by atoms with van der Waals surface area (Å²) in [5, 5.41) is 7.12. The van der Waals surface area contributed by atoms with Gasteiger partial charge < -0.3 is 15.7 Å². The molecular formula is C16H19F3N2O3. The second-order valence-electron chi connectivity index (χ2n) is 5.06. The Morgan fingerprint density at radius 1 is 1.33 bits per heavy atom. The normalized spacial score (nSPS) is 13.8. The van der Waals surface area contributed by atoms with Gasteiger partial charge in [0.15, 0.2) is 0 Å². The predicted molar refractivity (Wildman–Crippen MR) is 83.4 cm³/mol. The largest absolute Gasteiger partial charge is 0.490 e. The van der Waals surface area contributed by atoms with Gasteiger partial charge >= 0.3 is 12.1 Å². The highest BCUT2D eigenvalue weighted by molar-refractivity contribution is 5.96. The molecule has 5 nitrogen and oxygen atoms in total. The summed E-state index contributed by atoms with van der Waals surface area (Å²) < 4.78 is 31.7. The van der Waals surface area contributed by atoms with Crippen molar-refractivity contribution in [3.8, 4) is 0 Å². The Morgan fingerprint density at radius 3 is 2.46 bits per heavy atom. The minimum absolute atomic E-state index is 0.131. The van der Waals surface area contributed by atoms with E-state index in [0.717, 1.165) is 30.8 Å². The zero-order chi connectivity index (χ0) is 18.3. The van der Waals surface area contributed by atoms with E-state index in [4.69, 9.17) is 15.6 Å². The molecule has 1 aromatic carbocycles. The molecule has 0 aliphatic carbocycles. The number of carboxylic acids is 1. The zero-order valence-corrected chi connectivity index (χ0v) is 13.1. The van der Waals surface area contributed by atoms with Crippen LogP contribution in [0, 0.1) is 0 Å². The Hall–Kier alpha value is -2.51. The quantitative estimate of drug-likeness (QED) is 0.883. The molecular weight excluding hydrogens is 325 g/mol. The summed E-state index contributed by atoms with van der Waals surface area (Å²) >= 11 is 0. The van der Waals surface area contributed by atoms with Gasteiger partial charge in [0.25, 0.3) is 0 Å². The molecule has 0 bridgehead atoms. The summed E-state index contributed by atoms with van der Waals surface area (Å²) in [5.41, 5.74) is 8.80. The molecule has 1 aliphatic heterocycles. The molecule has 132 valence electrons. The van der Waals surface area contributed by atoms with E-state index >= 15 is 0 Å². The van der Waals surface area contributed by atoms with Crippen LogP contribution in [0.5, 0.6) is 0 Å². The van der Waals surface area contributed by atoms with Gasteiger partial charge in [0.05, 0.1) is 0 Å². The number of halogens is 3. The standard InChI is InChI=1S/C14H18N2O.C2HF3O2/c1-2-12(15)7-8-14(17)16-10-9-11-5-3-4-6-13(11)16;3-2(4,5)1(6)7/h3-7H,2,8-10,15H2,1H3;(H,6,7)/b12-7+;. The molecule has 0 saturated heterocycles. The number of hydrogen-bond donors (Lipinski definition) is 2. The molecule has 0 fully saturated rings. The average molecular weight is 344 g/mol. The minimum atomic E-state index is -5.08. The average Bonchev–Trinajstić information content (AvgIpc) is 2.96. The third-order valence-corrected chi connectivity index (χ3v) is 3.38. The van der Waals surface area contributed by atoms with Crippen LogP contribution in [-0.2, 0) is 16.0 Å². The summed E-state index contributed by atoms with van der Waals surface area (Å²) in [4.78, 5) is 22.8. The monoisotopic (exact) mass is 344 g/mol. The molecule has 2 rings (SSSR count). The molecule has 1 aliphatic rings. The highest BCUT2D eigenvalue weighted by Crippen LogP contribution is 2.27. The van der Waals surface area contributed by atoms with Gasteiger partial charge in [0, 0.05) is 24.4 Å². The van der Waals surface area contributed by atoms with Crippen molar-refractivity contribution in [2.45, 2.75) is 32.4 Å². The van der Waals surface area contributed by atoms with Crippen LogP contribution in [0.15, 0.2) is 36.0 Å². The van der Waals surface area contributed by atoms with Crippen LogP contribution >= 0.6 is 0 Å². The van der Waals surface area contributed by atoms with Crippen molar-refractivity contribution in [1.29, 1.82) is 0 Å². The minimum Gasteiger partial charge on any atom is -0.475 e. The summed E-state index contributed by atoms with van der Waals surface area (Å²) in [5.74, 6) is -2.63. The topological polar surface area (TPSA) is 83.6 Å². The molecule has 0 atom stereocenters. The van der Waals surface area contributed by atoms with Crippen molar-refractivity contribution in [3.05, 3.63) is 41.6 Å². The van der Waals surface area contributed by atoms with E-state index in [0.29, 0.717) is 6.42 Å². The van der Waals surface area contributed by atoms with E-state index in [9.17, 15) is 18.0 Å². The van der Waals surface area contributed by atoms with E-state index in [1.807, 2.05) is 36.1 Å². The Kier molecular flexibility index (Phi) is 6.82. The van der Waals surface area contributed by atoms with Crippen LogP contribution in [0.4, 0.5) is 18.9 Å². The number of fused-ring (bicyclic) bond motifs is 1. The summed E-state index contributed by atoms with van der Waals surface area (Å²) in [6, 6.07) is 8.08. The predicted octanol–water partition coefficient (Wildman–Crippen LogP) is 2.85. The summed E-state index contributed by atoms with van der Waals surface area (Å²) in [6.45, 7) is 2.78. The van der Waals surface area contributed by atoms with Crippen molar-refractivity contribution >= 4 is 17.6 Å². The zero-order valence-electron chi connectivity index (χ0n) is 13.1. The van der Waals surface area contributed by atoms with Gasteiger partial charge in [0.1, 0.15) is 0 Å². The molecule has 8 heteroatoms. The first-order valence-corrected chi connectivity index (χ1v) is 7.29. The van der Waals surface area contributed by atoms with E-state index < -0.39 is 12.1 Å². The smallest absolute Gasteiger partial charge is 0.475 e. The molecule has 0 spiro atoms. The Morgan fingerprint density at radius 2 is 1.92 bits per heavy atom. The van der Waals surface area contributed by atoms with Crippen LogP contribution in [-0.4, -0.2) is 29.7 Å². The van der Waals surface area contributed by atoms with Crippen LogP contribution in [0.2, 0.25) is 0 Å². The maximum absolute atomic E-state index is 12.1. The molecule has 0 aromatic heterocycles. The van der Waals surface area contributed by atoms with E-state index in [-0.39, 0.29) is 5.91 Å². The van der Waals surface area contributed by atoms with E-state index in [2.05, 4.69) is 6.07 Å². The van der Waals surface area contributed by atoms with Crippen molar-refractivity contribution < 1.29 is 27.9 Å². The number of aliphatic carboxylic acids is 1. The van der Waals surface area contributed by atoms with E-state index in [1.165, 1.54) is 5.56 Å². The van der Waals surface area contributed by atoms with Gasteiger partial charge in [-0.15, -0.1) is 0 Å². The van der Waals surface area contributed by atoms with Gasteiger partial charge in [-0.2, -0.15) is 13.2 Å². The first-order chi connectivity index (χ1) is 11.2. The maximum atomic E-state index is 12.1. The third kappa shape index (κ3) is 5.60. The van der Waals surface area contributed by atoms with Crippen molar-refractivity contribution in [3.63, 3.8) is 0 Å². The first kappa shape index (κ1) is 19.5. The van der Waals surface area contributed by atoms with Gasteiger partial charge in [0.2, 0.25) is 5.91 Å². The second-order valence-corrected chi connectivity index (χ2v) is 5.06. The van der Waals surface area contributed by atoms with Crippen LogP contribution in [0.3, 0.4) is 0 Å². The summed E-state index contributed by atoms with van der Waals surface area (Å²) in [7, 11) is 0. The van der Waals surface area contributed by atoms with Crippen molar-refractivity contribution in [2.24, 2.45) is 5.73 Å². The number of nitrogens with two attached hydrogens (primary N) is 1. The number of amides is 1. The second kappa shape index (κ2) is 8.37. The van der Waals surface area contributed by atoms with Gasteiger partial charge in [-0.05, 0) is 24.5 Å². The lowest BCUT2D eigenvalue weighted by molar-refractivity contribution is -0.192. The van der Waals surface area contributed by atoms with Crippen molar-refractivity contribution in [1.82, 2.24) is 0 Å². The highest BCUT2D eigenvalue weighted by atomic mass is 19.4. The molecule has 24 heavy (non-hydrogen) atoms. The molecule has 3 N–H and O–H groups in total. The van der Waals surface area contributed by atoms with Crippen LogP contribution < -0.4 is 10.6 Å². The molecule has 0 unspecified atom stereocenters. The fourth-order valence-electron chi connectivity index (χ4n) is 2.07. The Balaban J connectivity index is 0.000000351. The lowest BCUT2D eigenvalue weighted by Crippen LogP contribution is -2.28. The fourth-order valence-corrected chi connectivity index (χ4v) is 2.07. The number of carboxylic acid groups (broad SMARTS) is 1. The number of hydrogen-bond acceptors (Lipinski definition) is 3. The van der Waals surface area contributed by atoms with Crippen molar-refractivity contribution in [2.75, 3.05) is 11.4 Å². The van der Waals surface area contributed by atoms with Gasteiger partial charge in [-0.3, -0.25) is 4.79 Å². The lowest BCUT2D eigenvalue weighted by atomic mass is 10.2. The molecule has 1 amide bonds. The van der Waals surface area contributed by atoms with Crippen LogP contribution in [0.1, 0.15) is 25.3 Å². The number of para-hydroxylation sites is 1. The summed E-state index contributed by atoms with van der Waals surface area (Å²) in [6.07, 6.45) is -1.12. The van der Waals surface area contributed by atoms with Gasteiger partial charge in [-0.1, -0.05) is 31.2 Å². The number of carbonyl (C=O) groups is 2. The SMILES string of the molecule is CC/C(N)=C\CC(=O)N1CCc2ccccc21.O=C(O)C(F)(F)F. The number of alkyl halides is 3. The Bertz CT molecular complexity index is 627. The third-order valence-electron chi connectivity index (χ3n) is 3.38. The molecule has 1 heterocycles. The molecule has 0 saturated carbocycles. The number of carbonyl (C=O) groups excluding carboxylic acids is 1. The van der Waals surface area contributed by atoms with E-state index in [1.54, 1.807) is 0 Å². The Labute approximate surface area is 137 Å². The fraction of sp³-hybridized carbons (Fsp3) is 0.375. The number of allylic oxidation sites excluding steroid dienone is 1. The molecule has 0 radical (unpaired) electrons. The van der Waals surface area contributed by atoms with Crippen LogP contribution in [0.25, 0.3) is 0 Å². The number of nitrogens with zero attached hydrogens (tertiary/aromatic N) is 1. The van der Waals surface area contributed by atoms with Gasteiger partial charge in [-0.25, -0.2) is 4.79 Å². The molecule has 1 aromatic rings. The first-order valence-electron chi connectivity index (χ1n) is 7.29. The highest BCUT2D eigenvalue weighted by Gasteiger charge is 2.38. The number of anilines is 1. The number of rotatable bonds is 3.